The van der Waals surface area contributed by atoms with Crippen molar-refractivity contribution in [3.63, 3.8) is 0 Å². The summed E-state index contributed by atoms with van der Waals surface area (Å²) in [7, 11) is 1.65. The lowest BCUT2D eigenvalue weighted by atomic mass is 9.92. The van der Waals surface area contributed by atoms with Crippen LogP contribution in [0.5, 0.6) is 5.75 Å². The highest BCUT2D eigenvalue weighted by Gasteiger charge is 2.32. The minimum Gasteiger partial charge on any atom is -0.497 e. The van der Waals surface area contributed by atoms with E-state index in [9.17, 15) is 19.0 Å². The number of aryl methyl sites for hydroxylation is 1. The van der Waals surface area contributed by atoms with Gasteiger partial charge in [-0.1, -0.05) is 12.2 Å². The summed E-state index contributed by atoms with van der Waals surface area (Å²) in [5.74, 6) is -0.180. The molecule has 8 heteroatoms. The largest absolute Gasteiger partial charge is 0.497 e. The van der Waals surface area contributed by atoms with Gasteiger partial charge in [0.25, 0.3) is 0 Å². The molecule has 1 saturated heterocycles. The van der Waals surface area contributed by atoms with Gasteiger partial charge in [0.05, 0.1) is 37.5 Å². The van der Waals surface area contributed by atoms with Gasteiger partial charge < -0.3 is 25.0 Å². The summed E-state index contributed by atoms with van der Waals surface area (Å²) in [5.41, 5.74) is 2.28. The van der Waals surface area contributed by atoms with Crippen LogP contribution in [0.2, 0.25) is 0 Å². The van der Waals surface area contributed by atoms with E-state index in [4.69, 9.17) is 9.47 Å². The van der Waals surface area contributed by atoms with Gasteiger partial charge in [-0.25, -0.2) is 8.78 Å². The van der Waals surface area contributed by atoms with Crippen molar-refractivity contribution >= 4 is 17.0 Å². The van der Waals surface area contributed by atoms with Crippen LogP contribution in [0.3, 0.4) is 0 Å². The second-order valence-corrected chi connectivity index (χ2v) is 9.42. The zero-order valence-corrected chi connectivity index (χ0v) is 20.9. The molecule has 0 radical (unpaired) electrons. The first kappa shape index (κ1) is 27.1. The molecule has 3 N–H and O–H groups in total. The topological polar surface area (TPSA) is 83.8 Å². The van der Waals surface area contributed by atoms with E-state index in [1.807, 2.05) is 30.5 Å². The van der Waals surface area contributed by atoms with Gasteiger partial charge in [-0.3, -0.25) is 4.98 Å². The lowest BCUT2D eigenvalue weighted by molar-refractivity contribution is -0.0917. The summed E-state index contributed by atoms with van der Waals surface area (Å²) in [5, 5.41) is 23.9. The van der Waals surface area contributed by atoms with E-state index in [1.54, 1.807) is 19.3 Å². The summed E-state index contributed by atoms with van der Waals surface area (Å²) < 4.78 is 39.0. The Labute approximate surface area is 216 Å². The molecule has 0 amide bonds. The van der Waals surface area contributed by atoms with Crippen molar-refractivity contribution in [3.05, 3.63) is 77.5 Å². The van der Waals surface area contributed by atoms with Crippen molar-refractivity contribution < 1.29 is 28.5 Å². The molecule has 0 bridgehead atoms. The molecule has 198 valence electrons. The Bertz CT molecular complexity index is 1210. The van der Waals surface area contributed by atoms with Crippen LogP contribution in [0.1, 0.15) is 36.8 Å². The normalized spacial score (nSPS) is 20.9. The van der Waals surface area contributed by atoms with Crippen LogP contribution >= 0.6 is 0 Å². The summed E-state index contributed by atoms with van der Waals surface area (Å²) in [6.45, 7) is 0.103. The van der Waals surface area contributed by atoms with E-state index < -0.39 is 17.7 Å². The zero-order valence-electron chi connectivity index (χ0n) is 20.9. The maximum Gasteiger partial charge on any atom is 0.130 e. The Hall–Kier alpha value is -2.91. The molecule has 1 fully saturated rings. The molecule has 1 aliphatic rings. The van der Waals surface area contributed by atoms with E-state index >= 15 is 0 Å². The molecule has 1 aromatic heterocycles. The Kier molecular flexibility index (Phi) is 9.57. The summed E-state index contributed by atoms with van der Waals surface area (Å²) >= 11 is 0. The molecule has 0 spiro atoms. The third-order valence-corrected chi connectivity index (χ3v) is 6.86. The highest BCUT2D eigenvalue weighted by molar-refractivity contribution is 5.83. The number of hydrogen-bond acceptors (Lipinski definition) is 6. The molecule has 6 nitrogen and oxygen atoms in total. The number of hydrogen-bond donors (Lipinski definition) is 3. The Balaban J connectivity index is 1.36. The van der Waals surface area contributed by atoms with Crippen molar-refractivity contribution in [2.75, 3.05) is 20.3 Å². The first-order valence-electron chi connectivity index (χ1n) is 12.7. The number of ether oxygens (including phenoxy) is 2. The molecule has 37 heavy (non-hydrogen) atoms. The number of aromatic nitrogens is 1. The van der Waals surface area contributed by atoms with Gasteiger partial charge >= 0.3 is 0 Å². The fraction of sp³-hybridized carbons (Fsp3) is 0.414. The van der Waals surface area contributed by atoms with Gasteiger partial charge in [-0.05, 0) is 73.7 Å². The number of nitrogens with one attached hydrogen (secondary N) is 1. The number of halogens is 2. The number of methoxy groups -OCH3 is 1. The molecule has 4 rings (SSSR count). The number of nitrogens with zero attached hydrogens (tertiary/aromatic N) is 1. The lowest BCUT2D eigenvalue weighted by Gasteiger charge is -2.38. The van der Waals surface area contributed by atoms with Crippen LogP contribution in [-0.4, -0.2) is 59.8 Å². The maximum atomic E-state index is 13.8. The summed E-state index contributed by atoms with van der Waals surface area (Å²) in [6.07, 6.45) is 7.57. The quantitative estimate of drug-likeness (QED) is 0.353. The molecule has 1 aliphatic heterocycles. The monoisotopic (exact) mass is 512 g/mol. The Morgan fingerprint density at radius 3 is 2.86 bits per heavy atom. The zero-order chi connectivity index (χ0) is 26.2. The fourth-order valence-corrected chi connectivity index (χ4v) is 4.86. The van der Waals surface area contributed by atoms with Gasteiger partial charge in [-0.2, -0.15) is 0 Å². The van der Waals surface area contributed by atoms with Crippen molar-refractivity contribution in [1.29, 1.82) is 0 Å². The average Bonchev–Trinajstić information content (AvgIpc) is 2.92. The molecule has 4 atom stereocenters. The third kappa shape index (κ3) is 7.32. The SMILES string of the molecule is COc1ccc2nccc(CC[C@@H]3CC[C@@H](NC/C=C/c4cc(F)ccc4F)[C@@H](C[C@H](O)CO)O3)c2c1. The summed E-state index contributed by atoms with van der Waals surface area (Å²) in [6, 6.07) is 11.2. The van der Waals surface area contributed by atoms with Crippen LogP contribution in [-0.2, 0) is 11.2 Å². The first-order valence-corrected chi connectivity index (χ1v) is 12.7. The van der Waals surface area contributed by atoms with Crippen molar-refractivity contribution in [3.8, 4) is 5.75 Å². The molecule has 0 saturated carbocycles. The molecular formula is C29H34F2N2O4. The second kappa shape index (κ2) is 13.1. The highest BCUT2D eigenvalue weighted by Crippen LogP contribution is 2.28. The van der Waals surface area contributed by atoms with Crippen LogP contribution in [0.15, 0.2) is 54.7 Å². The fourth-order valence-electron chi connectivity index (χ4n) is 4.86. The van der Waals surface area contributed by atoms with Crippen LogP contribution in [0.4, 0.5) is 8.78 Å². The number of fused-ring (bicyclic) bond motifs is 1. The summed E-state index contributed by atoms with van der Waals surface area (Å²) in [4.78, 5) is 4.45. The Morgan fingerprint density at radius 2 is 2.05 bits per heavy atom. The molecular weight excluding hydrogens is 478 g/mol. The number of aliphatic hydroxyl groups is 2. The van der Waals surface area contributed by atoms with Gasteiger partial charge in [0, 0.05) is 36.2 Å². The first-order chi connectivity index (χ1) is 18.0. The lowest BCUT2D eigenvalue weighted by Crippen LogP contribution is -2.49. The third-order valence-electron chi connectivity index (χ3n) is 6.86. The molecule has 0 aliphatic carbocycles. The van der Waals surface area contributed by atoms with E-state index in [-0.39, 0.29) is 30.4 Å². The van der Waals surface area contributed by atoms with E-state index in [0.29, 0.717) is 13.0 Å². The molecule has 0 unspecified atom stereocenters. The number of benzene rings is 2. The van der Waals surface area contributed by atoms with Crippen molar-refractivity contribution in [2.24, 2.45) is 0 Å². The highest BCUT2D eigenvalue weighted by atomic mass is 19.1. The van der Waals surface area contributed by atoms with Crippen molar-refractivity contribution in [1.82, 2.24) is 10.3 Å². The van der Waals surface area contributed by atoms with E-state index in [1.165, 1.54) is 5.56 Å². The minimum absolute atomic E-state index is 0.0136. The maximum absolute atomic E-state index is 13.8. The smallest absolute Gasteiger partial charge is 0.130 e. The number of rotatable bonds is 11. The van der Waals surface area contributed by atoms with Crippen LogP contribution < -0.4 is 10.1 Å². The van der Waals surface area contributed by atoms with Crippen molar-refractivity contribution in [2.45, 2.75) is 56.5 Å². The minimum atomic E-state index is -0.874. The van der Waals surface area contributed by atoms with Gasteiger partial charge in [-0.15, -0.1) is 0 Å². The number of aliphatic hydroxyl groups excluding tert-OH is 2. The standard InChI is InChI=1S/C29H34F2N2O4/c1-36-24-8-10-27-25(17-24)19(12-14-33-27)4-6-23-7-11-28(29(37-23)16-22(35)18-34)32-13-2-3-20-15-21(30)5-9-26(20)31/h2-3,5,8-10,12,14-15,17,22-23,28-29,32,34-35H,4,6-7,11,13,16,18H2,1H3/b3-2+/t22-,23+,28+,29+/m0/s1. The second-order valence-electron chi connectivity index (χ2n) is 9.42. The Morgan fingerprint density at radius 1 is 1.19 bits per heavy atom. The average molecular weight is 513 g/mol. The van der Waals surface area contributed by atoms with Gasteiger partial charge in [0.2, 0.25) is 0 Å². The predicted octanol–water partition coefficient (Wildman–Crippen LogP) is 4.42. The van der Waals surface area contributed by atoms with Crippen LogP contribution in [0.25, 0.3) is 17.0 Å². The van der Waals surface area contributed by atoms with Gasteiger partial charge in [0.1, 0.15) is 17.4 Å². The molecule has 3 aromatic rings. The molecule has 2 aromatic carbocycles. The van der Waals surface area contributed by atoms with Gasteiger partial charge in [0.15, 0.2) is 0 Å². The van der Waals surface area contributed by atoms with Crippen LogP contribution in [0, 0.1) is 11.6 Å². The number of pyridine rings is 1. The van der Waals surface area contributed by atoms with E-state index in [2.05, 4.69) is 10.3 Å². The predicted molar refractivity (Wildman–Crippen MR) is 139 cm³/mol. The van der Waals surface area contributed by atoms with E-state index in [0.717, 1.165) is 60.5 Å². The molecule has 2 heterocycles.